The predicted octanol–water partition coefficient (Wildman–Crippen LogP) is 0.348. The molecule has 0 aliphatic carbocycles. The molecule has 0 aromatic heterocycles. The lowest BCUT2D eigenvalue weighted by Gasteiger charge is -2.22. The summed E-state index contributed by atoms with van der Waals surface area (Å²) in [6.07, 6.45) is -0.679. The molecule has 4 N–H and O–H groups in total. The Morgan fingerprint density at radius 1 is 1.43 bits per heavy atom. The summed E-state index contributed by atoms with van der Waals surface area (Å²) in [5, 5.41) is 18.5. The van der Waals surface area contributed by atoms with Gasteiger partial charge in [0.15, 0.2) is 12.0 Å². The maximum atomic E-state index is 11.4. The number of phenolic OH excluding ortho intramolecular Hbond substituents is 2. The predicted molar refractivity (Wildman–Crippen MR) is 47.3 cm³/mol. The highest BCUT2D eigenvalue weighted by molar-refractivity contribution is 6.02. The summed E-state index contributed by atoms with van der Waals surface area (Å²) >= 11 is 0. The van der Waals surface area contributed by atoms with Crippen molar-refractivity contribution in [2.75, 3.05) is 0 Å². The number of benzene rings is 1. The number of hydrogen-bond acceptors (Lipinski definition) is 5. The standard InChI is InChI=1S/C9H9NO4/c10-8-3-6(13)9-5(12)1-4(11)2-7(9)14-8/h1-2,8,11-12H,3,10H2. The molecule has 0 fully saturated rings. The van der Waals surface area contributed by atoms with Gasteiger partial charge >= 0.3 is 0 Å². The van der Waals surface area contributed by atoms with Crippen LogP contribution in [-0.2, 0) is 0 Å². The molecule has 0 bridgehead atoms. The molecule has 5 heteroatoms. The lowest BCUT2D eigenvalue weighted by Crippen LogP contribution is -2.34. The van der Waals surface area contributed by atoms with Gasteiger partial charge in [-0.2, -0.15) is 0 Å². The van der Waals surface area contributed by atoms with E-state index < -0.39 is 6.23 Å². The fourth-order valence-corrected chi connectivity index (χ4v) is 1.45. The van der Waals surface area contributed by atoms with Crippen molar-refractivity contribution >= 4 is 5.78 Å². The van der Waals surface area contributed by atoms with Crippen molar-refractivity contribution in [2.24, 2.45) is 5.73 Å². The number of carbonyl (C=O) groups is 1. The zero-order valence-corrected chi connectivity index (χ0v) is 7.23. The largest absolute Gasteiger partial charge is 0.508 e. The molecule has 1 atom stereocenters. The average Bonchev–Trinajstić information content (AvgIpc) is 1.99. The van der Waals surface area contributed by atoms with Gasteiger partial charge in [0, 0.05) is 12.1 Å². The highest BCUT2D eigenvalue weighted by Crippen LogP contribution is 2.36. The van der Waals surface area contributed by atoms with Crippen LogP contribution >= 0.6 is 0 Å². The Kier molecular flexibility index (Phi) is 1.82. The van der Waals surface area contributed by atoms with Crippen LogP contribution in [0.1, 0.15) is 16.8 Å². The second-order valence-corrected chi connectivity index (χ2v) is 3.12. The zero-order valence-electron chi connectivity index (χ0n) is 7.23. The fourth-order valence-electron chi connectivity index (χ4n) is 1.45. The molecule has 1 aliphatic heterocycles. The maximum absolute atomic E-state index is 11.4. The molecule has 14 heavy (non-hydrogen) atoms. The molecule has 0 amide bonds. The van der Waals surface area contributed by atoms with Crippen LogP contribution in [0.5, 0.6) is 17.2 Å². The van der Waals surface area contributed by atoms with Crippen molar-refractivity contribution in [3.05, 3.63) is 17.7 Å². The molecule has 2 rings (SSSR count). The van der Waals surface area contributed by atoms with Crippen molar-refractivity contribution < 1.29 is 19.7 Å². The van der Waals surface area contributed by atoms with E-state index in [1.165, 1.54) is 6.07 Å². The summed E-state index contributed by atoms with van der Waals surface area (Å²) in [6.45, 7) is 0. The molecule has 1 aromatic carbocycles. The number of aromatic hydroxyl groups is 2. The maximum Gasteiger partial charge on any atom is 0.175 e. The average molecular weight is 195 g/mol. The van der Waals surface area contributed by atoms with Crippen LogP contribution in [0.3, 0.4) is 0 Å². The number of Topliss-reactive ketones (excluding diaryl/α,β-unsaturated/α-hetero) is 1. The molecule has 5 nitrogen and oxygen atoms in total. The quantitative estimate of drug-likeness (QED) is 0.555. The molecular weight excluding hydrogens is 186 g/mol. The highest BCUT2D eigenvalue weighted by Gasteiger charge is 2.27. The summed E-state index contributed by atoms with van der Waals surface area (Å²) in [7, 11) is 0. The molecule has 0 spiro atoms. The number of hydrogen-bond donors (Lipinski definition) is 3. The Bertz CT molecular complexity index is 402. The summed E-state index contributed by atoms with van der Waals surface area (Å²) < 4.78 is 5.10. The van der Waals surface area contributed by atoms with Gasteiger partial charge in [-0.25, -0.2) is 0 Å². The molecular formula is C9H9NO4. The van der Waals surface area contributed by atoms with Crippen molar-refractivity contribution in [1.29, 1.82) is 0 Å². The van der Waals surface area contributed by atoms with Crippen LogP contribution in [-0.4, -0.2) is 22.2 Å². The molecule has 1 unspecified atom stereocenters. The number of ether oxygens (including phenoxy) is 1. The van der Waals surface area contributed by atoms with Crippen molar-refractivity contribution in [2.45, 2.75) is 12.6 Å². The lowest BCUT2D eigenvalue weighted by molar-refractivity contribution is 0.0853. The van der Waals surface area contributed by atoms with Gasteiger partial charge in [0.2, 0.25) is 0 Å². The molecule has 74 valence electrons. The van der Waals surface area contributed by atoms with E-state index in [4.69, 9.17) is 15.6 Å². The Balaban J connectivity index is 2.59. The first kappa shape index (κ1) is 8.83. The number of fused-ring (bicyclic) bond motifs is 1. The van der Waals surface area contributed by atoms with Gasteiger partial charge in [0.25, 0.3) is 0 Å². The smallest absolute Gasteiger partial charge is 0.175 e. The van der Waals surface area contributed by atoms with Crippen LogP contribution in [0.4, 0.5) is 0 Å². The van der Waals surface area contributed by atoms with E-state index in [0.717, 1.165) is 6.07 Å². The molecule has 0 radical (unpaired) electrons. The second kappa shape index (κ2) is 2.88. The van der Waals surface area contributed by atoms with Crippen LogP contribution < -0.4 is 10.5 Å². The van der Waals surface area contributed by atoms with Gasteiger partial charge < -0.3 is 14.9 Å². The molecule has 0 saturated carbocycles. The van der Waals surface area contributed by atoms with E-state index in [0.29, 0.717) is 0 Å². The number of phenols is 2. The first-order valence-electron chi connectivity index (χ1n) is 4.09. The Labute approximate surface area is 79.7 Å². The van der Waals surface area contributed by atoms with Crippen molar-refractivity contribution in [3.8, 4) is 17.2 Å². The lowest BCUT2D eigenvalue weighted by atomic mass is 10.0. The van der Waals surface area contributed by atoms with Gasteiger partial charge in [-0.3, -0.25) is 10.5 Å². The minimum absolute atomic E-state index is 0.0331. The number of rotatable bonds is 0. The van der Waals surface area contributed by atoms with E-state index >= 15 is 0 Å². The third-order valence-corrected chi connectivity index (χ3v) is 2.01. The summed E-state index contributed by atoms with van der Waals surface area (Å²) in [4.78, 5) is 11.4. The fraction of sp³-hybridized carbons (Fsp3) is 0.222. The normalized spacial score (nSPS) is 20.1. The van der Waals surface area contributed by atoms with Gasteiger partial charge in [0.05, 0.1) is 6.42 Å². The van der Waals surface area contributed by atoms with Crippen LogP contribution in [0.2, 0.25) is 0 Å². The molecule has 0 saturated heterocycles. The summed E-state index contributed by atoms with van der Waals surface area (Å²) in [5.41, 5.74) is 5.52. The number of carbonyl (C=O) groups excluding carboxylic acids is 1. The van der Waals surface area contributed by atoms with Crippen molar-refractivity contribution in [3.63, 3.8) is 0 Å². The first-order valence-corrected chi connectivity index (χ1v) is 4.09. The van der Waals surface area contributed by atoms with E-state index in [1.807, 2.05) is 0 Å². The molecule has 1 aliphatic rings. The van der Waals surface area contributed by atoms with E-state index in [9.17, 15) is 9.90 Å². The zero-order chi connectivity index (χ0) is 10.3. The van der Waals surface area contributed by atoms with Crippen molar-refractivity contribution in [1.82, 2.24) is 0 Å². The topological polar surface area (TPSA) is 92.8 Å². The molecule has 1 heterocycles. The van der Waals surface area contributed by atoms with Crippen LogP contribution in [0.25, 0.3) is 0 Å². The van der Waals surface area contributed by atoms with E-state index in [1.54, 1.807) is 0 Å². The van der Waals surface area contributed by atoms with Crippen LogP contribution in [0, 0.1) is 0 Å². The Morgan fingerprint density at radius 3 is 2.86 bits per heavy atom. The third kappa shape index (κ3) is 1.27. The van der Waals surface area contributed by atoms with Gasteiger partial charge in [-0.05, 0) is 0 Å². The first-order chi connectivity index (χ1) is 6.58. The monoisotopic (exact) mass is 195 g/mol. The van der Waals surface area contributed by atoms with E-state index in [-0.39, 0.29) is 35.0 Å². The SMILES string of the molecule is NC1CC(=O)c2c(O)cc(O)cc2O1. The second-order valence-electron chi connectivity index (χ2n) is 3.12. The Hall–Kier alpha value is -1.75. The number of ketones is 1. The number of nitrogens with two attached hydrogens (primary N) is 1. The third-order valence-electron chi connectivity index (χ3n) is 2.01. The van der Waals surface area contributed by atoms with Gasteiger partial charge in [-0.15, -0.1) is 0 Å². The van der Waals surface area contributed by atoms with Crippen LogP contribution in [0.15, 0.2) is 12.1 Å². The minimum atomic E-state index is -0.712. The Morgan fingerprint density at radius 2 is 2.14 bits per heavy atom. The van der Waals surface area contributed by atoms with Gasteiger partial charge in [-0.1, -0.05) is 0 Å². The minimum Gasteiger partial charge on any atom is -0.508 e. The molecule has 1 aromatic rings. The summed E-state index contributed by atoms with van der Waals surface area (Å²) in [6, 6.07) is 2.35. The summed E-state index contributed by atoms with van der Waals surface area (Å²) in [5.74, 6) is -0.595. The van der Waals surface area contributed by atoms with E-state index in [2.05, 4.69) is 0 Å². The highest BCUT2D eigenvalue weighted by atomic mass is 16.5. The van der Waals surface area contributed by atoms with Gasteiger partial charge in [0.1, 0.15) is 22.8 Å².